The summed E-state index contributed by atoms with van der Waals surface area (Å²) >= 11 is 5.18. The quantitative estimate of drug-likeness (QED) is 0.375. The van der Waals surface area contributed by atoms with Gasteiger partial charge in [-0.25, -0.2) is 8.42 Å². The van der Waals surface area contributed by atoms with Gasteiger partial charge in [0, 0.05) is 29.1 Å². The molecule has 1 aliphatic rings. The van der Waals surface area contributed by atoms with Gasteiger partial charge in [0.25, 0.3) is 0 Å². The first kappa shape index (κ1) is 20.0. The molecule has 1 fully saturated rings. The number of sulfone groups is 1. The fourth-order valence-corrected chi connectivity index (χ4v) is 4.22. The summed E-state index contributed by atoms with van der Waals surface area (Å²) in [6.45, 7) is 1.94. The minimum Gasteiger partial charge on any atom is -0.370 e. The van der Waals surface area contributed by atoms with Crippen LogP contribution in [0.2, 0.25) is 0 Å². The third-order valence-corrected chi connectivity index (χ3v) is 6.32. The molecule has 0 radical (unpaired) electrons. The molecule has 0 saturated carbocycles. The van der Waals surface area contributed by atoms with Gasteiger partial charge in [0.2, 0.25) is 0 Å². The highest BCUT2D eigenvalue weighted by molar-refractivity contribution is 14.0. The lowest BCUT2D eigenvalue weighted by Crippen LogP contribution is -2.42. The fraction of sp³-hybridized carbons (Fsp3) is 0.462. The fourth-order valence-electron chi connectivity index (χ4n) is 1.93. The zero-order valence-corrected chi connectivity index (χ0v) is 17.5. The summed E-state index contributed by atoms with van der Waals surface area (Å²) in [6.07, 6.45) is 0. The molecule has 1 heterocycles. The topological polar surface area (TPSA) is 75.8 Å². The van der Waals surface area contributed by atoms with E-state index in [1.807, 2.05) is 16.7 Å². The minimum atomic E-state index is -3.31. The lowest BCUT2D eigenvalue weighted by atomic mass is 10.4. The molecular formula is C13H19BrIN3O2S2. The standard InChI is InChI=1S/C13H18BrN3O2S2.HI/c14-11-1-3-12(4-2-11)21(18,19)10-5-16-13(15)17-6-8-20-9-7-17;/h1-4H,5-10H2,(H2,15,16);1H. The molecule has 1 aliphatic heterocycles. The van der Waals surface area contributed by atoms with E-state index in [0.717, 1.165) is 29.1 Å². The van der Waals surface area contributed by atoms with Crippen molar-refractivity contribution in [3.8, 4) is 0 Å². The Morgan fingerprint density at radius 3 is 2.45 bits per heavy atom. The predicted molar refractivity (Wildman–Crippen MR) is 107 cm³/mol. The van der Waals surface area contributed by atoms with E-state index >= 15 is 0 Å². The van der Waals surface area contributed by atoms with Gasteiger partial charge in [-0.2, -0.15) is 11.8 Å². The molecular weight excluding hydrogens is 501 g/mol. The van der Waals surface area contributed by atoms with Gasteiger partial charge in [0.1, 0.15) is 0 Å². The second-order valence-electron chi connectivity index (χ2n) is 4.61. The first-order valence-corrected chi connectivity index (χ1v) is 10.2. The summed E-state index contributed by atoms with van der Waals surface area (Å²) in [6, 6.07) is 6.62. The Balaban J connectivity index is 0.00000242. The van der Waals surface area contributed by atoms with Crippen molar-refractivity contribution in [3.63, 3.8) is 0 Å². The van der Waals surface area contributed by atoms with E-state index in [4.69, 9.17) is 5.73 Å². The Bertz CT molecular complexity index is 602. The van der Waals surface area contributed by atoms with Crippen molar-refractivity contribution >= 4 is 67.5 Å². The van der Waals surface area contributed by atoms with E-state index in [2.05, 4.69) is 20.9 Å². The summed E-state index contributed by atoms with van der Waals surface area (Å²) in [7, 11) is -3.31. The molecule has 0 bridgehead atoms. The van der Waals surface area contributed by atoms with Gasteiger partial charge >= 0.3 is 0 Å². The summed E-state index contributed by atoms with van der Waals surface area (Å²) in [5, 5.41) is 0. The van der Waals surface area contributed by atoms with Crippen LogP contribution in [0.4, 0.5) is 0 Å². The summed E-state index contributed by atoms with van der Waals surface area (Å²) in [5.74, 6) is 2.49. The van der Waals surface area contributed by atoms with Crippen LogP contribution in [0.5, 0.6) is 0 Å². The van der Waals surface area contributed by atoms with E-state index in [0.29, 0.717) is 10.9 Å². The summed E-state index contributed by atoms with van der Waals surface area (Å²) < 4.78 is 25.2. The number of hydrogen-bond acceptors (Lipinski definition) is 4. The largest absolute Gasteiger partial charge is 0.370 e. The molecule has 1 aromatic carbocycles. The molecule has 0 spiro atoms. The number of halogens is 2. The molecule has 1 aromatic rings. The highest BCUT2D eigenvalue weighted by Crippen LogP contribution is 2.16. The first-order valence-electron chi connectivity index (χ1n) is 6.60. The van der Waals surface area contributed by atoms with Gasteiger partial charge in [0.15, 0.2) is 15.8 Å². The number of nitrogens with two attached hydrogens (primary N) is 1. The molecule has 5 nitrogen and oxygen atoms in total. The highest BCUT2D eigenvalue weighted by atomic mass is 127. The average Bonchev–Trinajstić information content (AvgIpc) is 2.48. The second kappa shape index (κ2) is 9.33. The van der Waals surface area contributed by atoms with Gasteiger partial charge < -0.3 is 10.6 Å². The van der Waals surface area contributed by atoms with Crippen molar-refractivity contribution in [2.75, 3.05) is 36.9 Å². The molecule has 0 atom stereocenters. The normalized spacial score (nSPS) is 16.2. The molecule has 22 heavy (non-hydrogen) atoms. The number of guanidine groups is 1. The maximum absolute atomic E-state index is 12.2. The van der Waals surface area contributed by atoms with Crippen LogP contribution in [-0.4, -0.2) is 56.2 Å². The van der Waals surface area contributed by atoms with Crippen molar-refractivity contribution in [2.24, 2.45) is 10.7 Å². The van der Waals surface area contributed by atoms with E-state index in [1.165, 1.54) is 0 Å². The molecule has 0 aliphatic carbocycles. The lowest BCUT2D eigenvalue weighted by molar-refractivity contribution is 0.456. The molecule has 1 saturated heterocycles. The van der Waals surface area contributed by atoms with Gasteiger partial charge in [-0.05, 0) is 24.3 Å². The molecule has 2 rings (SSSR count). The zero-order valence-electron chi connectivity index (χ0n) is 11.9. The van der Waals surface area contributed by atoms with Crippen LogP contribution >= 0.6 is 51.7 Å². The summed E-state index contributed by atoms with van der Waals surface area (Å²) in [4.78, 5) is 6.52. The van der Waals surface area contributed by atoms with E-state index in [9.17, 15) is 8.42 Å². The molecule has 2 N–H and O–H groups in total. The molecule has 0 aromatic heterocycles. The van der Waals surface area contributed by atoms with Crippen molar-refractivity contribution in [1.82, 2.24) is 4.90 Å². The van der Waals surface area contributed by atoms with Crippen molar-refractivity contribution in [3.05, 3.63) is 28.7 Å². The van der Waals surface area contributed by atoms with Gasteiger partial charge in [0.05, 0.1) is 17.2 Å². The predicted octanol–water partition coefficient (Wildman–Crippen LogP) is 2.20. The Labute approximate surface area is 161 Å². The van der Waals surface area contributed by atoms with Gasteiger partial charge in [-0.1, -0.05) is 15.9 Å². The Morgan fingerprint density at radius 2 is 1.86 bits per heavy atom. The van der Waals surface area contributed by atoms with Crippen molar-refractivity contribution in [2.45, 2.75) is 4.90 Å². The minimum absolute atomic E-state index is 0. The molecule has 0 amide bonds. The van der Waals surface area contributed by atoms with E-state index in [1.54, 1.807) is 24.3 Å². The number of benzene rings is 1. The Morgan fingerprint density at radius 1 is 1.27 bits per heavy atom. The number of aliphatic imine (C=N–C) groups is 1. The molecule has 9 heteroatoms. The van der Waals surface area contributed by atoms with Crippen molar-refractivity contribution in [1.29, 1.82) is 0 Å². The SMILES string of the molecule is I.NC(=NCCS(=O)(=O)c1ccc(Br)cc1)N1CCSCC1. The smallest absolute Gasteiger partial charge is 0.191 e. The van der Waals surface area contributed by atoms with Crippen molar-refractivity contribution < 1.29 is 8.42 Å². The summed E-state index contributed by atoms with van der Waals surface area (Å²) in [5.41, 5.74) is 5.90. The average molecular weight is 520 g/mol. The maximum Gasteiger partial charge on any atom is 0.191 e. The zero-order chi connectivity index (χ0) is 15.3. The number of rotatable bonds is 4. The monoisotopic (exact) mass is 519 g/mol. The van der Waals surface area contributed by atoms with Crippen LogP contribution in [0.1, 0.15) is 0 Å². The van der Waals surface area contributed by atoms with E-state index in [-0.39, 0.29) is 36.3 Å². The number of thioether (sulfide) groups is 1. The first-order chi connectivity index (χ1) is 9.99. The van der Waals surface area contributed by atoms with E-state index < -0.39 is 9.84 Å². The number of hydrogen-bond donors (Lipinski definition) is 1. The highest BCUT2D eigenvalue weighted by Gasteiger charge is 2.15. The van der Waals surface area contributed by atoms with Crippen LogP contribution in [-0.2, 0) is 9.84 Å². The third kappa shape index (κ3) is 5.89. The Hall–Kier alpha value is -0.0000000000000000555. The maximum atomic E-state index is 12.2. The molecule has 0 unspecified atom stereocenters. The lowest BCUT2D eigenvalue weighted by Gasteiger charge is -2.27. The van der Waals surface area contributed by atoms with Crippen LogP contribution in [0, 0.1) is 0 Å². The van der Waals surface area contributed by atoms with Crippen LogP contribution in [0.25, 0.3) is 0 Å². The number of nitrogens with zero attached hydrogens (tertiary/aromatic N) is 2. The van der Waals surface area contributed by atoms with Gasteiger partial charge in [-0.15, -0.1) is 24.0 Å². The second-order valence-corrected chi connectivity index (χ2v) is 8.86. The van der Waals surface area contributed by atoms with Crippen LogP contribution in [0.3, 0.4) is 0 Å². The van der Waals surface area contributed by atoms with Gasteiger partial charge in [-0.3, -0.25) is 4.99 Å². The van der Waals surface area contributed by atoms with Crippen LogP contribution < -0.4 is 5.73 Å². The Kier molecular flexibility index (Phi) is 8.50. The third-order valence-electron chi connectivity index (χ3n) is 3.14. The molecule has 124 valence electrons. The van der Waals surface area contributed by atoms with Crippen LogP contribution in [0.15, 0.2) is 38.6 Å².